The summed E-state index contributed by atoms with van der Waals surface area (Å²) in [5.41, 5.74) is 1.16. The second-order valence-electron chi connectivity index (χ2n) is 5.95. The zero-order valence-corrected chi connectivity index (χ0v) is 13.3. The Morgan fingerprint density at radius 1 is 1.36 bits per heavy atom. The van der Waals surface area contributed by atoms with Crippen LogP contribution in [0.1, 0.15) is 30.9 Å². The molecule has 0 aromatic heterocycles. The Bertz CT molecular complexity index is 506. The van der Waals surface area contributed by atoms with Gasteiger partial charge in [-0.15, -0.1) is 0 Å². The highest BCUT2D eigenvalue weighted by molar-refractivity contribution is 5.80. The minimum absolute atomic E-state index is 0.0102. The molecule has 120 valence electrons. The Kier molecular flexibility index (Phi) is 4.95. The van der Waals surface area contributed by atoms with E-state index in [2.05, 4.69) is 27.8 Å². The summed E-state index contributed by atoms with van der Waals surface area (Å²) in [5.74, 6) is 0.819. The predicted octanol–water partition coefficient (Wildman–Crippen LogP) is 1.86. The fraction of sp³-hybridized carbons (Fsp3) is 0.588. The quantitative estimate of drug-likeness (QED) is 0.644. The van der Waals surface area contributed by atoms with Gasteiger partial charge in [0.2, 0.25) is 0 Å². The predicted molar refractivity (Wildman–Crippen MR) is 87.0 cm³/mol. The lowest BCUT2D eigenvalue weighted by molar-refractivity contribution is 0.0987. The zero-order chi connectivity index (χ0) is 15.4. The van der Waals surface area contributed by atoms with E-state index in [1.807, 2.05) is 18.2 Å². The molecular formula is C17H25N3O2. The number of benzene rings is 1. The molecule has 5 heteroatoms. The van der Waals surface area contributed by atoms with Crippen LogP contribution in [-0.2, 0) is 9.47 Å². The molecule has 4 unspecified atom stereocenters. The smallest absolute Gasteiger partial charge is 0.191 e. The maximum absolute atomic E-state index is 5.88. The van der Waals surface area contributed by atoms with Gasteiger partial charge >= 0.3 is 0 Å². The topological polar surface area (TPSA) is 54.9 Å². The molecule has 5 nitrogen and oxygen atoms in total. The number of hydrogen-bond donors (Lipinski definition) is 2. The van der Waals surface area contributed by atoms with Gasteiger partial charge < -0.3 is 20.1 Å². The molecule has 0 aliphatic carbocycles. The van der Waals surface area contributed by atoms with Crippen molar-refractivity contribution in [1.82, 2.24) is 10.6 Å². The number of fused-ring (bicyclic) bond motifs is 2. The highest BCUT2D eigenvalue weighted by Crippen LogP contribution is 2.34. The summed E-state index contributed by atoms with van der Waals surface area (Å²) >= 11 is 0. The van der Waals surface area contributed by atoms with Crippen LogP contribution in [0, 0.1) is 0 Å². The highest BCUT2D eigenvalue weighted by Gasteiger charge is 2.41. The normalized spacial score (nSPS) is 28.6. The molecule has 2 saturated heterocycles. The molecule has 22 heavy (non-hydrogen) atoms. The Labute approximate surface area is 132 Å². The van der Waals surface area contributed by atoms with Crippen LogP contribution >= 0.6 is 0 Å². The summed E-state index contributed by atoms with van der Waals surface area (Å²) in [6, 6.07) is 10.6. The maximum Gasteiger partial charge on any atom is 0.191 e. The van der Waals surface area contributed by atoms with Crippen molar-refractivity contribution in [3.05, 3.63) is 35.9 Å². The van der Waals surface area contributed by atoms with Crippen LogP contribution in [0.3, 0.4) is 0 Å². The molecule has 1 aromatic carbocycles. The Morgan fingerprint density at radius 2 is 2.18 bits per heavy atom. The number of hydrogen-bond acceptors (Lipinski definition) is 3. The minimum atomic E-state index is 0.0102. The number of rotatable bonds is 5. The van der Waals surface area contributed by atoms with Gasteiger partial charge in [0.25, 0.3) is 0 Å². The van der Waals surface area contributed by atoms with E-state index < -0.39 is 0 Å². The van der Waals surface area contributed by atoms with Crippen LogP contribution < -0.4 is 10.6 Å². The van der Waals surface area contributed by atoms with Crippen LogP contribution in [0.2, 0.25) is 0 Å². The molecule has 0 amide bonds. The molecule has 3 rings (SSSR count). The van der Waals surface area contributed by atoms with E-state index in [0.29, 0.717) is 24.8 Å². The fourth-order valence-corrected chi connectivity index (χ4v) is 3.35. The molecule has 2 aliphatic rings. The first-order valence-corrected chi connectivity index (χ1v) is 8.00. The van der Waals surface area contributed by atoms with Gasteiger partial charge in [-0.1, -0.05) is 30.3 Å². The molecule has 2 aliphatic heterocycles. The van der Waals surface area contributed by atoms with Crippen molar-refractivity contribution >= 4 is 5.96 Å². The first-order valence-electron chi connectivity index (χ1n) is 8.00. The molecule has 2 N–H and O–H groups in total. The molecule has 4 atom stereocenters. The molecule has 0 spiro atoms. The standard InChI is InChI=1S/C17H25N3O2/c1-18-17(20-14-10-13-8-9-15(14)22-13)19-11-16(21-2)12-6-4-3-5-7-12/h3-7,13-16H,8-11H2,1-2H3,(H2,18,19,20). The monoisotopic (exact) mass is 303 g/mol. The second kappa shape index (κ2) is 7.11. The number of ether oxygens (including phenoxy) is 2. The first kappa shape index (κ1) is 15.3. The van der Waals surface area contributed by atoms with Crippen LogP contribution in [0.5, 0.6) is 0 Å². The van der Waals surface area contributed by atoms with Gasteiger partial charge in [-0.3, -0.25) is 4.99 Å². The summed E-state index contributed by atoms with van der Waals surface area (Å²) in [4.78, 5) is 4.32. The summed E-state index contributed by atoms with van der Waals surface area (Å²) in [6.45, 7) is 0.682. The van der Waals surface area contributed by atoms with Crippen LogP contribution in [0.4, 0.5) is 0 Å². The summed E-state index contributed by atoms with van der Waals surface area (Å²) < 4.78 is 11.5. The Balaban J connectivity index is 1.52. The van der Waals surface area contributed by atoms with Crippen molar-refractivity contribution in [3.8, 4) is 0 Å². The third-order valence-corrected chi connectivity index (χ3v) is 4.56. The van der Waals surface area contributed by atoms with Crippen LogP contribution in [0.25, 0.3) is 0 Å². The molecular weight excluding hydrogens is 278 g/mol. The first-order chi connectivity index (χ1) is 10.8. The summed E-state index contributed by atoms with van der Waals surface area (Å²) in [5, 5.41) is 6.85. The van der Waals surface area contributed by atoms with Crippen molar-refractivity contribution < 1.29 is 9.47 Å². The van der Waals surface area contributed by atoms with Gasteiger partial charge in [0.15, 0.2) is 5.96 Å². The van der Waals surface area contributed by atoms with E-state index in [1.54, 1.807) is 14.2 Å². The zero-order valence-electron chi connectivity index (χ0n) is 13.3. The lowest BCUT2D eigenvalue weighted by atomic mass is 9.96. The molecule has 0 radical (unpaired) electrons. The SMILES string of the molecule is CN=C(NCC(OC)c1ccccc1)NC1CC2CCC1O2. The highest BCUT2D eigenvalue weighted by atomic mass is 16.5. The van der Waals surface area contributed by atoms with E-state index in [9.17, 15) is 0 Å². The van der Waals surface area contributed by atoms with Gasteiger partial charge in [0, 0.05) is 20.7 Å². The molecule has 1 aromatic rings. The fourth-order valence-electron chi connectivity index (χ4n) is 3.35. The van der Waals surface area contributed by atoms with Gasteiger partial charge in [-0.25, -0.2) is 0 Å². The molecule has 2 fully saturated rings. The van der Waals surface area contributed by atoms with E-state index in [1.165, 1.54) is 6.42 Å². The third-order valence-electron chi connectivity index (χ3n) is 4.56. The third kappa shape index (κ3) is 3.42. The Hall–Kier alpha value is -1.59. The van der Waals surface area contributed by atoms with Gasteiger partial charge in [0.05, 0.1) is 24.4 Å². The Morgan fingerprint density at radius 3 is 2.77 bits per heavy atom. The number of methoxy groups -OCH3 is 1. The van der Waals surface area contributed by atoms with Crippen molar-refractivity contribution in [3.63, 3.8) is 0 Å². The van der Waals surface area contributed by atoms with Crippen LogP contribution in [0.15, 0.2) is 35.3 Å². The summed E-state index contributed by atoms with van der Waals surface area (Å²) in [6.07, 6.45) is 4.24. The van der Waals surface area contributed by atoms with Crippen LogP contribution in [-0.4, -0.2) is 44.9 Å². The van der Waals surface area contributed by atoms with Crippen molar-refractivity contribution in [2.24, 2.45) is 4.99 Å². The molecule has 0 saturated carbocycles. The lowest BCUT2D eigenvalue weighted by Gasteiger charge is -2.24. The van der Waals surface area contributed by atoms with Crippen molar-refractivity contribution in [2.45, 2.75) is 43.6 Å². The maximum atomic E-state index is 5.88. The lowest BCUT2D eigenvalue weighted by Crippen LogP contribution is -2.48. The van der Waals surface area contributed by atoms with Gasteiger partial charge in [0.1, 0.15) is 0 Å². The number of aliphatic imine (C=N–C) groups is 1. The number of nitrogens with one attached hydrogen (secondary N) is 2. The van der Waals surface area contributed by atoms with E-state index in [-0.39, 0.29) is 6.10 Å². The van der Waals surface area contributed by atoms with Crippen molar-refractivity contribution in [2.75, 3.05) is 20.7 Å². The summed E-state index contributed by atoms with van der Waals surface area (Å²) in [7, 11) is 3.53. The molecule has 2 heterocycles. The minimum Gasteiger partial charge on any atom is -0.375 e. The average molecular weight is 303 g/mol. The van der Waals surface area contributed by atoms with E-state index in [4.69, 9.17) is 9.47 Å². The van der Waals surface area contributed by atoms with Crippen molar-refractivity contribution in [1.29, 1.82) is 0 Å². The van der Waals surface area contributed by atoms with Gasteiger partial charge in [-0.05, 0) is 24.8 Å². The van der Waals surface area contributed by atoms with E-state index in [0.717, 1.165) is 24.4 Å². The largest absolute Gasteiger partial charge is 0.375 e. The average Bonchev–Trinajstić information content (AvgIpc) is 3.18. The van der Waals surface area contributed by atoms with E-state index >= 15 is 0 Å². The van der Waals surface area contributed by atoms with Gasteiger partial charge in [-0.2, -0.15) is 0 Å². The number of guanidine groups is 1. The second-order valence-corrected chi connectivity index (χ2v) is 5.95. The molecule has 2 bridgehead atoms. The number of nitrogens with zero attached hydrogens (tertiary/aromatic N) is 1.